The van der Waals surface area contributed by atoms with Gasteiger partial charge in [-0.2, -0.15) is 0 Å². The van der Waals surface area contributed by atoms with Crippen molar-refractivity contribution in [2.75, 3.05) is 10.0 Å². The molecule has 3 atom stereocenters. The summed E-state index contributed by atoms with van der Waals surface area (Å²) in [5, 5.41) is 27.1. The fourth-order valence-electron chi connectivity index (χ4n) is 5.16. The number of hydrogen-bond donors (Lipinski definition) is 2. The normalized spacial score (nSPS) is 21.8. The molecule has 10 heteroatoms. The van der Waals surface area contributed by atoms with E-state index in [1.54, 1.807) is 28.4 Å². The minimum atomic E-state index is -0.737. The molecule has 10 nitrogen and oxygen atoms in total. The van der Waals surface area contributed by atoms with Gasteiger partial charge in [0.2, 0.25) is 11.8 Å². The van der Waals surface area contributed by atoms with Gasteiger partial charge >= 0.3 is 0 Å². The van der Waals surface area contributed by atoms with E-state index in [1.807, 2.05) is 84.9 Å². The molecule has 0 bridgehead atoms. The van der Waals surface area contributed by atoms with Gasteiger partial charge in [0.05, 0.1) is 22.5 Å². The lowest BCUT2D eigenvalue weighted by molar-refractivity contribution is 0.0637. The summed E-state index contributed by atoms with van der Waals surface area (Å²) in [6, 6.07) is 30.4. The highest BCUT2D eigenvalue weighted by Gasteiger charge is 2.42. The highest BCUT2D eigenvalue weighted by Crippen LogP contribution is 2.43. The molecule has 4 aromatic carbocycles. The monoisotopic (exact) mass is 530 g/mol. The minimum Gasteiger partial charge on any atom is -0.507 e. The Hall–Kier alpha value is -5.35. The van der Waals surface area contributed by atoms with Gasteiger partial charge in [-0.05, 0) is 48.5 Å². The number of nitrogens with zero attached hydrogens (tertiary/aromatic N) is 5. The number of rotatable bonds is 4. The lowest BCUT2D eigenvalue weighted by Crippen LogP contribution is -2.49. The number of aliphatic imine (C=N–C) groups is 1. The van der Waals surface area contributed by atoms with Crippen LogP contribution in [0.5, 0.6) is 11.5 Å². The van der Waals surface area contributed by atoms with Crippen LogP contribution in [-0.4, -0.2) is 35.8 Å². The number of phenols is 1. The Morgan fingerprint density at radius 1 is 0.725 bits per heavy atom. The lowest BCUT2D eigenvalue weighted by atomic mass is 10.1. The molecule has 40 heavy (non-hydrogen) atoms. The van der Waals surface area contributed by atoms with Crippen molar-refractivity contribution in [3.63, 3.8) is 0 Å². The topological polar surface area (TPSA) is 104 Å². The Kier molecular flexibility index (Phi) is 5.01. The predicted molar refractivity (Wildman–Crippen MR) is 149 cm³/mol. The van der Waals surface area contributed by atoms with Crippen LogP contribution in [0.3, 0.4) is 0 Å². The van der Waals surface area contributed by atoms with E-state index in [2.05, 4.69) is 15.4 Å². The zero-order chi connectivity index (χ0) is 26.6. The number of benzene rings is 4. The summed E-state index contributed by atoms with van der Waals surface area (Å²) in [6.07, 6.45) is -0.223. The molecular formula is C30H22N6O4. The van der Waals surface area contributed by atoms with Crippen molar-refractivity contribution in [2.24, 2.45) is 15.2 Å². The number of ether oxygens (including phenoxy) is 3. The van der Waals surface area contributed by atoms with Crippen molar-refractivity contribution in [3.05, 3.63) is 119 Å². The zero-order valence-electron chi connectivity index (χ0n) is 21.0. The van der Waals surface area contributed by atoms with Crippen molar-refractivity contribution in [1.82, 2.24) is 5.32 Å². The number of hydrazone groups is 2. The summed E-state index contributed by atoms with van der Waals surface area (Å²) in [4.78, 5) is 4.58. The molecule has 4 aliphatic heterocycles. The molecule has 2 N–H and O–H groups in total. The van der Waals surface area contributed by atoms with E-state index in [4.69, 9.17) is 19.3 Å². The molecule has 4 aromatic rings. The Labute approximate surface area is 229 Å². The van der Waals surface area contributed by atoms with E-state index in [-0.39, 0.29) is 5.75 Å². The molecule has 0 aromatic heterocycles. The number of phenolic OH excluding ortho intramolecular Hbond substituents is 1. The summed E-state index contributed by atoms with van der Waals surface area (Å²) in [6.45, 7) is 0. The van der Waals surface area contributed by atoms with Gasteiger partial charge in [0.15, 0.2) is 6.23 Å². The maximum atomic E-state index is 10.9. The second kappa shape index (κ2) is 8.85. The number of aromatic hydroxyl groups is 1. The van der Waals surface area contributed by atoms with Gasteiger partial charge in [-0.1, -0.05) is 48.5 Å². The summed E-state index contributed by atoms with van der Waals surface area (Å²) in [5.74, 6) is 1.62. The molecular weight excluding hydrogens is 508 g/mol. The Morgan fingerprint density at radius 3 is 2.17 bits per heavy atom. The average molecular weight is 531 g/mol. The maximum Gasteiger partial charge on any atom is 0.291 e. The van der Waals surface area contributed by atoms with Crippen molar-refractivity contribution < 1.29 is 19.3 Å². The van der Waals surface area contributed by atoms with Gasteiger partial charge in [0.1, 0.15) is 11.5 Å². The van der Waals surface area contributed by atoms with Gasteiger partial charge in [-0.25, -0.2) is 20.3 Å². The standard InChI is InChI=1S/C30H22N6O4/c37-23-15-7-14-22-25(23)28(32-30-36(22)34-27(40-30)19-11-5-2-6-12-19)38-24-16-8-13-21-20(24)17-31-29-35(21)33-26(39-29)18-9-3-1-4-10-18/h1-17,28-30,32,37H. The minimum absolute atomic E-state index is 0.0837. The first kappa shape index (κ1) is 22.6. The van der Waals surface area contributed by atoms with Crippen LogP contribution in [0.4, 0.5) is 11.4 Å². The second-order valence-electron chi connectivity index (χ2n) is 9.49. The smallest absolute Gasteiger partial charge is 0.291 e. The van der Waals surface area contributed by atoms with Crippen LogP contribution in [-0.2, 0) is 9.47 Å². The third-order valence-corrected chi connectivity index (χ3v) is 7.04. The molecule has 0 radical (unpaired) electrons. The van der Waals surface area contributed by atoms with Crippen LogP contribution in [0.25, 0.3) is 0 Å². The summed E-state index contributed by atoms with van der Waals surface area (Å²) >= 11 is 0. The van der Waals surface area contributed by atoms with Crippen molar-refractivity contribution in [1.29, 1.82) is 0 Å². The van der Waals surface area contributed by atoms with E-state index in [0.717, 1.165) is 22.4 Å². The predicted octanol–water partition coefficient (Wildman–Crippen LogP) is 4.47. The highest BCUT2D eigenvalue weighted by molar-refractivity contribution is 5.99. The van der Waals surface area contributed by atoms with E-state index in [0.29, 0.717) is 28.8 Å². The first-order valence-corrected chi connectivity index (χ1v) is 12.8. The molecule has 4 heterocycles. The van der Waals surface area contributed by atoms with Gasteiger partial charge in [-0.15, -0.1) is 10.2 Å². The maximum absolute atomic E-state index is 10.9. The third-order valence-electron chi connectivity index (χ3n) is 7.04. The van der Waals surface area contributed by atoms with Crippen molar-refractivity contribution >= 4 is 29.4 Å². The molecule has 3 unspecified atom stereocenters. The van der Waals surface area contributed by atoms with Gasteiger partial charge in [0, 0.05) is 17.3 Å². The molecule has 0 fully saturated rings. The molecule has 0 spiro atoms. The van der Waals surface area contributed by atoms with Crippen LogP contribution < -0.4 is 20.1 Å². The second-order valence-corrected chi connectivity index (χ2v) is 9.49. The third kappa shape index (κ3) is 3.57. The SMILES string of the molecule is Oc1cccc2c1C(Oc1cccc3c1C=NC1OC(c4ccccc4)=NN31)NC1OC(c3ccccc3)=NN21. The highest BCUT2D eigenvalue weighted by atomic mass is 16.6. The largest absolute Gasteiger partial charge is 0.507 e. The van der Waals surface area contributed by atoms with Crippen molar-refractivity contribution in [2.45, 2.75) is 18.9 Å². The van der Waals surface area contributed by atoms with Crippen molar-refractivity contribution in [3.8, 4) is 11.5 Å². The summed E-state index contributed by atoms with van der Waals surface area (Å²) in [5.41, 5.74) is 4.50. The average Bonchev–Trinajstić information content (AvgIpc) is 3.64. The van der Waals surface area contributed by atoms with E-state index in [9.17, 15) is 5.11 Å². The fraction of sp³-hybridized carbons (Fsp3) is 0.100. The first-order valence-electron chi connectivity index (χ1n) is 12.8. The number of fused-ring (bicyclic) bond motifs is 6. The Bertz CT molecular complexity index is 1710. The Balaban J connectivity index is 1.12. The summed E-state index contributed by atoms with van der Waals surface area (Å²) < 4.78 is 18.7. The van der Waals surface area contributed by atoms with Crippen LogP contribution in [0, 0.1) is 0 Å². The van der Waals surface area contributed by atoms with Crippen LogP contribution in [0.1, 0.15) is 28.5 Å². The van der Waals surface area contributed by atoms with Crippen LogP contribution >= 0.6 is 0 Å². The molecule has 0 amide bonds. The lowest BCUT2D eigenvalue weighted by Gasteiger charge is -2.36. The van der Waals surface area contributed by atoms with Gasteiger partial charge < -0.3 is 19.3 Å². The molecule has 4 aliphatic rings. The quantitative estimate of drug-likeness (QED) is 0.401. The van der Waals surface area contributed by atoms with Gasteiger partial charge in [0.25, 0.3) is 12.7 Å². The number of anilines is 2. The fourth-order valence-corrected chi connectivity index (χ4v) is 5.16. The molecule has 8 rings (SSSR count). The van der Waals surface area contributed by atoms with E-state index < -0.39 is 18.9 Å². The molecule has 0 saturated carbocycles. The summed E-state index contributed by atoms with van der Waals surface area (Å²) in [7, 11) is 0. The molecule has 0 aliphatic carbocycles. The number of nitrogens with one attached hydrogen (secondary N) is 1. The molecule has 0 saturated heterocycles. The van der Waals surface area contributed by atoms with E-state index >= 15 is 0 Å². The Morgan fingerprint density at radius 2 is 1.40 bits per heavy atom. The van der Waals surface area contributed by atoms with Crippen LogP contribution in [0.15, 0.2) is 112 Å². The van der Waals surface area contributed by atoms with E-state index in [1.165, 1.54) is 0 Å². The first-order chi connectivity index (χ1) is 19.7. The zero-order valence-corrected chi connectivity index (χ0v) is 21.0. The van der Waals surface area contributed by atoms with Gasteiger partial charge in [-0.3, -0.25) is 0 Å². The number of hydrogen-bond acceptors (Lipinski definition) is 10. The van der Waals surface area contributed by atoms with Crippen LogP contribution in [0.2, 0.25) is 0 Å². The molecule has 196 valence electrons.